The Morgan fingerprint density at radius 1 is 1.00 bits per heavy atom. The van der Waals surface area contributed by atoms with E-state index in [1.807, 2.05) is 12.1 Å². The predicted octanol–water partition coefficient (Wildman–Crippen LogP) is 3.63. The van der Waals surface area contributed by atoms with E-state index >= 15 is 0 Å². The fourth-order valence-corrected chi connectivity index (χ4v) is 1.09. The summed E-state index contributed by atoms with van der Waals surface area (Å²) in [5.41, 5.74) is 1.56. The molecule has 1 rings (SSSR count). The molecule has 0 aliphatic carbocycles. The fraction of sp³-hybridized carbons (Fsp3) is 0.500. The third-order valence-electron chi connectivity index (χ3n) is 1.96. The number of methoxy groups -OCH3 is 1. The van der Waals surface area contributed by atoms with E-state index in [0.717, 1.165) is 5.75 Å². The Bertz CT molecular complexity index is 241. The second kappa shape index (κ2) is 4.31. The lowest BCUT2D eigenvalue weighted by Gasteiger charge is -2.18. The highest BCUT2D eigenvalue weighted by atomic mass is 16.5. The van der Waals surface area contributed by atoms with Gasteiger partial charge in [-0.25, -0.2) is 0 Å². The molecule has 74 valence electrons. The van der Waals surface area contributed by atoms with Crippen LogP contribution in [0.5, 0.6) is 5.75 Å². The summed E-state index contributed by atoms with van der Waals surface area (Å²) in [4.78, 5) is 0. The molecule has 13 heavy (non-hydrogen) atoms. The van der Waals surface area contributed by atoms with Gasteiger partial charge in [0.15, 0.2) is 0 Å². The Morgan fingerprint density at radius 2 is 1.46 bits per heavy atom. The molecule has 0 amide bonds. The quantitative estimate of drug-likeness (QED) is 0.641. The van der Waals surface area contributed by atoms with Crippen LogP contribution in [0.25, 0.3) is 0 Å². The van der Waals surface area contributed by atoms with Crippen molar-refractivity contribution < 1.29 is 4.74 Å². The lowest BCUT2D eigenvalue weighted by Crippen LogP contribution is -2.10. The summed E-state index contributed by atoms with van der Waals surface area (Å²) in [5.74, 6) is 0.919. The van der Waals surface area contributed by atoms with Crippen LogP contribution in [-0.4, -0.2) is 7.11 Å². The molecule has 0 heterocycles. The van der Waals surface area contributed by atoms with Crippen LogP contribution in [0.2, 0.25) is 0 Å². The minimum absolute atomic E-state index is 0. The zero-order chi connectivity index (χ0) is 9.19. The van der Waals surface area contributed by atoms with Gasteiger partial charge in [-0.1, -0.05) is 40.3 Å². The van der Waals surface area contributed by atoms with Crippen molar-refractivity contribution in [1.82, 2.24) is 0 Å². The highest BCUT2D eigenvalue weighted by Gasteiger charge is 2.12. The van der Waals surface area contributed by atoms with Crippen molar-refractivity contribution in [2.24, 2.45) is 0 Å². The van der Waals surface area contributed by atoms with Crippen molar-refractivity contribution in [3.05, 3.63) is 29.8 Å². The molecule has 1 aromatic carbocycles. The number of benzene rings is 1. The average molecular weight is 180 g/mol. The molecule has 1 heteroatoms. The van der Waals surface area contributed by atoms with Gasteiger partial charge in [-0.3, -0.25) is 0 Å². The van der Waals surface area contributed by atoms with Crippen molar-refractivity contribution >= 4 is 0 Å². The number of hydrogen-bond donors (Lipinski definition) is 0. The molecule has 1 aromatic rings. The van der Waals surface area contributed by atoms with Crippen LogP contribution in [0.3, 0.4) is 0 Å². The maximum absolute atomic E-state index is 5.08. The van der Waals surface area contributed by atoms with Crippen LogP contribution in [-0.2, 0) is 5.41 Å². The highest BCUT2D eigenvalue weighted by molar-refractivity contribution is 5.30. The molecule has 0 atom stereocenters. The molecular weight excluding hydrogens is 160 g/mol. The lowest BCUT2D eigenvalue weighted by molar-refractivity contribution is 0.414. The van der Waals surface area contributed by atoms with Gasteiger partial charge in [0.2, 0.25) is 0 Å². The summed E-state index contributed by atoms with van der Waals surface area (Å²) in [6.45, 7) is 6.61. The van der Waals surface area contributed by atoms with E-state index in [0.29, 0.717) is 0 Å². The molecule has 0 spiro atoms. The van der Waals surface area contributed by atoms with Gasteiger partial charge < -0.3 is 4.74 Å². The molecule has 0 saturated carbocycles. The van der Waals surface area contributed by atoms with Gasteiger partial charge in [0.05, 0.1) is 7.11 Å². The third kappa shape index (κ3) is 3.10. The topological polar surface area (TPSA) is 9.23 Å². The Hall–Kier alpha value is -0.980. The second-order valence-corrected chi connectivity index (χ2v) is 3.98. The summed E-state index contributed by atoms with van der Waals surface area (Å²) in [5, 5.41) is 0. The van der Waals surface area contributed by atoms with Crippen LogP contribution in [0, 0.1) is 0 Å². The fourth-order valence-electron chi connectivity index (χ4n) is 1.09. The molecule has 0 fully saturated rings. The number of rotatable bonds is 1. The Morgan fingerprint density at radius 3 is 1.77 bits per heavy atom. The van der Waals surface area contributed by atoms with Gasteiger partial charge in [-0.05, 0) is 23.1 Å². The maximum atomic E-state index is 5.08. The zero-order valence-corrected chi connectivity index (χ0v) is 8.22. The second-order valence-electron chi connectivity index (χ2n) is 3.98. The molecule has 0 radical (unpaired) electrons. The van der Waals surface area contributed by atoms with Crippen molar-refractivity contribution in [3.63, 3.8) is 0 Å². The maximum Gasteiger partial charge on any atom is 0.118 e. The predicted molar refractivity (Wildman–Crippen MR) is 58.4 cm³/mol. The van der Waals surface area contributed by atoms with E-state index in [-0.39, 0.29) is 12.8 Å². The monoisotopic (exact) mass is 180 g/mol. The molecule has 0 saturated heterocycles. The first-order chi connectivity index (χ1) is 5.54. The van der Waals surface area contributed by atoms with Gasteiger partial charge in [0.1, 0.15) is 5.75 Å². The van der Waals surface area contributed by atoms with Crippen LogP contribution < -0.4 is 4.74 Å². The van der Waals surface area contributed by atoms with E-state index in [1.54, 1.807) is 7.11 Å². The van der Waals surface area contributed by atoms with E-state index in [2.05, 4.69) is 32.9 Å². The largest absolute Gasteiger partial charge is 0.497 e. The smallest absolute Gasteiger partial charge is 0.118 e. The highest BCUT2D eigenvalue weighted by Crippen LogP contribution is 2.23. The molecule has 0 unspecified atom stereocenters. The average Bonchev–Trinajstić information content (AvgIpc) is 2.03. The van der Waals surface area contributed by atoms with E-state index in [4.69, 9.17) is 4.74 Å². The normalized spacial score (nSPS) is 10.5. The first kappa shape index (κ1) is 12.0. The number of hydrogen-bond acceptors (Lipinski definition) is 1. The van der Waals surface area contributed by atoms with Gasteiger partial charge in [-0.2, -0.15) is 0 Å². The van der Waals surface area contributed by atoms with Crippen LogP contribution >= 0.6 is 0 Å². The molecular formula is C12H20O. The van der Waals surface area contributed by atoms with Crippen LogP contribution in [0.15, 0.2) is 24.3 Å². The third-order valence-corrected chi connectivity index (χ3v) is 1.96. The summed E-state index contributed by atoms with van der Waals surface area (Å²) in [6, 6.07) is 8.22. The Kier molecular flexibility index (Phi) is 3.99. The van der Waals surface area contributed by atoms with Crippen molar-refractivity contribution in [2.45, 2.75) is 33.6 Å². The summed E-state index contributed by atoms with van der Waals surface area (Å²) >= 11 is 0. The minimum Gasteiger partial charge on any atom is -0.497 e. The molecule has 0 aliphatic heterocycles. The van der Waals surface area contributed by atoms with Gasteiger partial charge in [-0.15, -0.1) is 0 Å². The number of ether oxygens (including phenoxy) is 1. The van der Waals surface area contributed by atoms with Gasteiger partial charge >= 0.3 is 0 Å². The van der Waals surface area contributed by atoms with Crippen LogP contribution in [0.4, 0.5) is 0 Å². The lowest BCUT2D eigenvalue weighted by atomic mass is 9.87. The van der Waals surface area contributed by atoms with Crippen molar-refractivity contribution in [1.29, 1.82) is 0 Å². The minimum atomic E-state index is 0. The van der Waals surface area contributed by atoms with Crippen molar-refractivity contribution in [2.75, 3.05) is 7.11 Å². The van der Waals surface area contributed by atoms with E-state index in [9.17, 15) is 0 Å². The summed E-state index contributed by atoms with van der Waals surface area (Å²) in [7, 11) is 1.69. The van der Waals surface area contributed by atoms with Gasteiger partial charge in [0.25, 0.3) is 0 Å². The Balaban J connectivity index is 0.00000144. The Labute approximate surface area is 81.7 Å². The summed E-state index contributed by atoms with van der Waals surface area (Å²) < 4.78 is 5.08. The first-order valence-corrected chi connectivity index (χ1v) is 4.18. The molecule has 0 aromatic heterocycles. The standard InChI is InChI=1S/C11H16O.CH4/c1-11(2,3)9-5-7-10(12-4)8-6-9;/h5-8H,1-4H3;1H4. The molecule has 1 nitrogen and oxygen atoms in total. The van der Waals surface area contributed by atoms with Gasteiger partial charge in [0, 0.05) is 0 Å². The van der Waals surface area contributed by atoms with E-state index < -0.39 is 0 Å². The SMILES string of the molecule is C.COc1ccc(C(C)(C)C)cc1. The van der Waals surface area contributed by atoms with Crippen LogP contribution in [0.1, 0.15) is 33.8 Å². The molecule has 0 aliphatic rings. The van der Waals surface area contributed by atoms with Crippen molar-refractivity contribution in [3.8, 4) is 5.75 Å². The summed E-state index contributed by atoms with van der Waals surface area (Å²) in [6.07, 6.45) is 0. The molecule has 0 N–H and O–H groups in total. The molecule has 0 bridgehead atoms. The zero-order valence-electron chi connectivity index (χ0n) is 8.22. The van der Waals surface area contributed by atoms with E-state index in [1.165, 1.54) is 5.56 Å². The first-order valence-electron chi connectivity index (χ1n) is 4.18.